The largest absolute Gasteiger partial charge is 0.433 e. The SMILES string of the molecule is O=C(c1ccc(C(F)(F)F)nc1)N1CCSC1. The third-order valence-electron chi connectivity index (χ3n) is 2.34. The molecule has 2 rings (SSSR count). The van der Waals surface area contributed by atoms with Crippen LogP contribution in [0, 0.1) is 0 Å². The maximum Gasteiger partial charge on any atom is 0.433 e. The van der Waals surface area contributed by atoms with E-state index in [0.29, 0.717) is 12.4 Å². The summed E-state index contributed by atoms with van der Waals surface area (Å²) in [5, 5.41) is 0. The van der Waals surface area contributed by atoms with Crippen LogP contribution in [0.1, 0.15) is 16.1 Å². The minimum Gasteiger partial charge on any atom is -0.329 e. The summed E-state index contributed by atoms with van der Waals surface area (Å²) in [7, 11) is 0. The number of hydrogen-bond donors (Lipinski definition) is 0. The summed E-state index contributed by atoms with van der Waals surface area (Å²) in [4.78, 5) is 16.7. The van der Waals surface area contributed by atoms with E-state index in [-0.39, 0.29) is 11.5 Å². The van der Waals surface area contributed by atoms with Crippen molar-refractivity contribution < 1.29 is 18.0 Å². The molecule has 1 amide bonds. The van der Waals surface area contributed by atoms with E-state index in [1.807, 2.05) is 0 Å². The number of halogens is 3. The second-order valence-electron chi connectivity index (χ2n) is 3.54. The highest BCUT2D eigenvalue weighted by Gasteiger charge is 2.32. The third-order valence-corrected chi connectivity index (χ3v) is 3.31. The molecule has 0 atom stereocenters. The van der Waals surface area contributed by atoms with Crippen LogP contribution in [0.3, 0.4) is 0 Å². The molecule has 0 bridgehead atoms. The summed E-state index contributed by atoms with van der Waals surface area (Å²) in [6, 6.07) is 2.00. The third kappa shape index (κ3) is 2.71. The fraction of sp³-hybridized carbons (Fsp3) is 0.400. The van der Waals surface area contributed by atoms with Gasteiger partial charge in [0.1, 0.15) is 5.69 Å². The molecule has 3 nitrogen and oxygen atoms in total. The molecular weight excluding hydrogens is 253 g/mol. The van der Waals surface area contributed by atoms with Crippen molar-refractivity contribution in [2.45, 2.75) is 6.18 Å². The van der Waals surface area contributed by atoms with E-state index in [1.54, 1.807) is 16.7 Å². The number of nitrogens with zero attached hydrogens (tertiary/aromatic N) is 2. The first-order valence-electron chi connectivity index (χ1n) is 4.89. The van der Waals surface area contributed by atoms with E-state index in [2.05, 4.69) is 4.98 Å². The van der Waals surface area contributed by atoms with Crippen molar-refractivity contribution in [1.82, 2.24) is 9.88 Å². The summed E-state index contributed by atoms with van der Waals surface area (Å²) in [6.07, 6.45) is -3.49. The molecule has 0 aromatic carbocycles. The van der Waals surface area contributed by atoms with E-state index in [0.717, 1.165) is 18.0 Å². The van der Waals surface area contributed by atoms with Gasteiger partial charge in [0, 0.05) is 18.5 Å². The fourth-order valence-corrected chi connectivity index (χ4v) is 2.39. The number of amides is 1. The Bertz CT molecular complexity index is 413. The molecule has 0 saturated carbocycles. The molecule has 0 spiro atoms. The van der Waals surface area contributed by atoms with Crippen molar-refractivity contribution in [3.63, 3.8) is 0 Å². The lowest BCUT2D eigenvalue weighted by atomic mass is 10.2. The molecule has 7 heteroatoms. The van der Waals surface area contributed by atoms with Gasteiger partial charge in [-0.1, -0.05) is 0 Å². The first-order chi connectivity index (χ1) is 7.98. The van der Waals surface area contributed by atoms with Crippen LogP contribution in [0.5, 0.6) is 0 Å². The highest BCUT2D eigenvalue weighted by atomic mass is 32.2. The number of rotatable bonds is 1. The number of carbonyl (C=O) groups excluding carboxylic acids is 1. The van der Waals surface area contributed by atoms with Crippen LogP contribution < -0.4 is 0 Å². The lowest BCUT2D eigenvalue weighted by molar-refractivity contribution is -0.141. The van der Waals surface area contributed by atoms with E-state index < -0.39 is 11.9 Å². The molecule has 0 N–H and O–H groups in total. The molecule has 0 unspecified atom stereocenters. The van der Waals surface area contributed by atoms with Gasteiger partial charge in [-0.3, -0.25) is 9.78 Å². The second kappa shape index (κ2) is 4.56. The van der Waals surface area contributed by atoms with Crippen LogP contribution in [-0.2, 0) is 6.18 Å². The molecule has 92 valence electrons. The van der Waals surface area contributed by atoms with Crippen molar-refractivity contribution in [1.29, 1.82) is 0 Å². The molecule has 1 aromatic rings. The Labute approximate surface area is 100 Å². The standard InChI is InChI=1S/C10H9F3N2OS/c11-10(12,13)8-2-1-7(5-14-8)9(16)15-3-4-17-6-15/h1-2,5H,3-4,6H2. The Balaban J connectivity index is 2.15. The van der Waals surface area contributed by atoms with Crippen LogP contribution in [0.25, 0.3) is 0 Å². The molecule has 1 aromatic heterocycles. The van der Waals surface area contributed by atoms with Gasteiger partial charge >= 0.3 is 6.18 Å². The van der Waals surface area contributed by atoms with Gasteiger partial charge in [-0.25, -0.2) is 0 Å². The van der Waals surface area contributed by atoms with Gasteiger partial charge in [0.2, 0.25) is 0 Å². The van der Waals surface area contributed by atoms with Gasteiger partial charge in [0.25, 0.3) is 5.91 Å². The highest BCUT2D eigenvalue weighted by molar-refractivity contribution is 7.99. The van der Waals surface area contributed by atoms with Crippen LogP contribution in [-0.4, -0.2) is 34.0 Å². The molecule has 1 fully saturated rings. The summed E-state index contributed by atoms with van der Waals surface area (Å²) in [5.74, 6) is 1.18. The minimum absolute atomic E-state index is 0.195. The first-order valence-corrected chi connectivity index (χ1v) is 6.04. The molecular formula is C10H9F3N2OS. The van der Waals surface area contributed by atoms with Crippen LogP contribution >= 0.6 is 11.8 Å². The highest BCUT2D eigenvalue weighted by Crippen LogP contribution is 2.27. The van der Waals surface area contributed by atoms with Crippen molar-refractivity contribution in [2.75, 3.05) is 18.2 Å². The van der Waals surface area contributed by atoms with Gasteiger partial charge in [-0.2, -0.15) is 13.2 Å². The molecule has 1 aliphatic heterocycles. The van der Waals surface area contributed by atoms with Gasteiger partial charge in [-0.15, -0.1) is 11.8 Å². The first kappa shape index (κ1) is 12.2. The van der Waals surface area contributed by atoms with Crippen molar-refractivity contribution >= 4 is 17.7 Å². The lowest BCUT2D eigenvalue weighted by Crippen LogP contribution is -2.28. The topological polar surface area (TPSA) is 33.2 Å². The van der Waals surface area contributed by atoms with Gasteiger partial charge in [0.05, 0.1) is 11.4 Å². The second-order valence-corrected chi connectivity index (χ2v) is 4.61. The van der Waals surface area contributed by atoms with E-state index in [4.69, 9.17) is 0 Å². The van der Waals surface area contributed by atoms with Crippen molar-refractivity contribution in [3.05, 3.63) is 29.6 Å². The van der Waals surface area contributed by atoms with Gasteiger partial charge < -0.3 is 4.90 Å². The van der Waals surface area contributed by atoms with Crippen molar-refractivity contribution in [2.24, 2.45) is 0 Å². The number of hydrogen-bond acceptors (Lipinski definition) is 3. The normalized spacial score (nSPS) is 16.3. The summed E-state index contributed by atoms with van der Waals surface area (Å²) >= 11 is 1.62. The quantitative estimate of drug-likeness (QED) is 0.778. The fourth-order valence-electron chi connectivity index (χ4n) is 1.44. The average Bonchev–Trinajstić information content (AvgIpc) is 2.80. The Morgan fingerprint density at radius 2 is 2.18 bits per heavy atom. The van der Waals surface area contributed by atoms with Crippen LogP contribution in [0.2, 0.25) is 0 Å². The van der Waals surface area contributed by atoms with Crippen molar-refractivity contribution in [3.8, 4) is 0 Å². The number of aromatic nitrogens is 1. The Hall–Kier alpha value is -1.24. The number of alkyl halides is 3. The summed E-state index contributed by atoms with van der Waals surface area (Å²) in [6.45, 7) is 0.629. The molecule has 0 aliphatic carbocycles. The van der Waals surface area contributed by atoms with E-state index in [9.17, 15) is 18.0 Å². The zero-order valence-electron chi connectivity index (χ0n) is 8.70. The number of thioether (sulfide) groups is 1. The van der Waals surface area contributed by atoms with Crippen LogP contribution in [0.15, 0.2) is 18.3 Å². The molecule has 17 heavy (non-hydrogen) atoms. The summed E-state index contributed by atoms with van der Waals surface area (Å²) in [5.41, 5.74) is -0.787. The Morgan fingerprint density at radius 3 is 2.65 bits per heavy atom. The lowest BCUT2D eigenvalue weighted by Gasteiger charge is -2.14. The molecule has 1 aliphatic rings. The molecule has 0 radical (unpaired) electrons. The van der Waals surface area contributed by atoms with Crippen LogP contribution in [0.4, 0.5) is 13.2 Å². The minimum atomic E-state index is -4.47. The monoisotopic (exact) mass is 262 g/mol. The number of carbonyl (C=O) groups is 1. The Morgan fingerprint density at radius 1 is 1.41 bits per heavy atom. The van der Waals surface area contributed by atoms with Gasteiger partial charge in [-0.05, 0) is 12.1 Å². The maximum atomic E-state index is 12.3. The zero-order chi connectivity index (χ0) is 12.5. The summed E-state index contributed by atoms with van der Waals surface area (Å²) < 4.78 is 36.8. The maximum absolute atomic E-state index is 12.3. The van der Waals surface area contributed by atoms with E-state index in [1.165, 1.54) is 6.07 Å². The predicted octanol–water partition coefficient (Wildman–Crippen LogP) is 2.25. The zero-order valence-corrected chi connectivity index (χ0v) is 9.51. The molecule has 1 saturated heterocycles. The van der Waals surface area contributed by atoms with Gasteiger partial charge in [0.15, 0.2) is 0 Å². The average molecular weight is 262 g/mol. The van der Waals surface area contributed by atoms with E-state index >= 15 is 0 Å². The Kier molecular flexibility index (Phi) is 3.28. The number of pyridine rings is 1. The molecule has 2 heterocycles. The smallest absolute Gasteiger partial charge is 0.329 e. The predicted molar refractivity (Wildman–Crippen MR) is 57.6 cm³/mol.